The van der Waals surface area contributed by atoms with Gasteiger partial charge in [0.1, 0.15) is 0 Å². The highest BCUT2D eigenvalue weighted by molar-refractivity contribution is 5.96. The Morgan fingerprint density at radius 3 is 2.06 bits per heavy atom. The zero-order chi connectivity index (χ0) is 23.6. The van der Waals surface area contributed by atoms with Crippen LogP contribution in [0.25, 0.3) is 32.8 Å². The minimum absolute atomic E-state index is 0.0874. The fraction of sp³-hybridized carbons (Fsp3) is 0.0606. The van der Waals surface area contributed by atoms with E-state index in [4.69, 9.17) is 4.98 Å². The molecule has 5 aromatic carbocycles. The molecule has 0 aliphatic carbocycles. The van der Waals surface area contributed by atoms with E-state index in [1.54, 1.807) is 0 Å². The molecule has 2 nitrogen and oxygen atoms in total. The fourth-order valence-electron chi connectivity index (χ4n) is 4.90. The van der Waals surface area contributed by atoms with Crippen LogP contribution in [0.4, 0.5) is 5.69 Å². The molecule has 35 heavy (non-hydrogen) atoms. The Balaban J connectivity index is 1.50. The molecule has 0 radical (unpaired) electrons. The summed E-state index contributed by atoms with van der Waals surface area (Å²) in [7, 11) is 0. The van der Waals surface area contributed by atoms with E-state index in [2.05, 4.69) is 140 Å². The summed E-state index contributed by atoms with van der Waals surface area (Å²) in [5.74, 6) is 0. The van der Waals surface area contributed by atoms with Crippen molar-refractivity contribution in [1.29, 1.82) is 0 Å². The van der Waals surface area contributed by atoms with Gasteiger partial charge in [-0.25, -0.2) is 0 Å². The summed E-state index contributed by atoms with van der Waals surface area (Å²) in [6, 6.07) is 44.7. The largest absolute Gasteiger partial charge is 0.372 e. The molecule has 1 aromatic heterocycles. The molecule has 0 spiro atoms. The highest BCUT2D eigenvalue weighted by Crippen LogP contribution is 2.34. The highest BCUT2D eigenvalue weighted by Gasteiger charge is 2.19. The molecule has 0 saturated heterocycles. The number of nitrogens with one attached hydrogen (secondary N) is 1. The number of hydrogen-bond donors (Lipinski definition) is 1. The van der Waals surface area contributed by atoms with Gasteiger partial charge in [0.05, 0.1) is 17.4 Å². The average molecular weight is 451 g/mol. The van der Waals surface area contributed by atoms with E-state index in [9.17, 15) is 0 Å². The Morgan fingerprint density at radius 1 is 0.571 bits per heavy atom. The first-order valence-corrected chi connectivity index (χ1v) is 12.0. The van der Waals surface area contributed by atoms with Crippen molar-refractivity contribution < 1.29 is 0 Å². The number of nitrogens with zero attached hydrogens (tertiary/aromatic N) is 1. The van der Waals surface area contributed by atoms with Gasteiger partial charge in [0.2, 0.25) is 0 Å². The molecule has 0 amide bonds. The summed E-state index contributed by atoms with van der Waals surface area (Å²) >= 11 is 0. The molecule has 168 valence electrons. The summed E-state index contributed by atoms with van der Waals surface area (Å²) in [4.78, 5) is 5.21. The van der Waals surface area contributed by atoms with E-state index in [-0.39, 0.29) is 6.04 Å². The summed E-state index contributed by atoms with van der Waals surface area (Å²) < 4.78 is 0. The van der Waals surface area contributed by atoms with Gasteiger partial charge in [-0.3, -0.25) is 4.98 Å². The van der Waals surface area contributed by atoms with Gasteiger partial charge in [0.25, 0.3) is 0 Å². The first kappa shape index (κ1) is 21.1. The first-order valence-electron chi connectivity index (χ1n) is 12.0. The predicted octanol–water partition coefficient (Wildman–Crippen LogP) is 8.56. The second-order valence-electron chi connectivity index (χ2n) is 8.94. The lowest BCUT2D eigenvalue weighted by Gasteiger charge is -2.23. The van der Waals surface area contributed by atoms with Gasteiger partial charge in [0, 0.05) is 16.6 Å². The molecule has 1 N–H and O–H groups in total. The Morgan fingerprint density at radius 2 is 1.23 bits per heavy atom. The van der Waals surface area contributed by atoms with Crippen molar-refractivity contribution in [3.8, 4) is 11.3 Å². The van der Waals surface area contributed by atoms with Crippen molar-refractivity contribution in [3.05, 3.63) is 144 Å². The van der Waals surface area contributed by atoms with E-state index >= 15 is 0 Å². The minimum atomic E-state index is -0.0874. The van der Waals surface area contributed by atoms with Crippen molar-refractivity contribution >= 4 is 27.2 Å². The van der Waals surface area contributed by atoms with E-state index in [1.165, 1.54) is 32.7 Å². The lowest BCUT2D eigenvalue weighted by molar-refractivity contribution is 0.889. The van der Waals surface area contributed by atoms with E-state index < -0.39 is 0 Å². The van der Waals surface area contributed by atoms with E-state index in [0.29, 0.717) is 0 Å². The molecule has 0 bridgehead atoms. The highest BCUT2D eigenvalue weighted by atomic mass is 15.0. The van der Waals surface area contributed by atoms with Gasteiger partial charge in [-0.1, -0.05) is 115 Å². The number of fused-ring (bicyclic) bond motifs is 2. The summed E-state index contributed by atoms with van der Waals surface area (Å²) in [5, 5.41) is 8.76. The Labute approximate surface area is 205 Å². The van der Waals surface area contributed by atoms with Crippen molar-refractivity contribution in [2.24, 2.45) is 0 Å². The van der Waals surface area contributed by atoms with Crippen molar-refractivity contribution in [3.63, 3.8) is 0 Å². The molecule has 0 aliphatic heterocycles. The third-order valence-electron chi connectivity index (χ3n) is 6.69. The number of anilines is 1. The standard InChI is InChI=1S/C33H26N2/c1-23-21-22-25-12-6-8-17-28(25)32(23)35-33(26-13-3-2-4-14-26)31-20-10-19-30(34-31)29-18-9-15-24-11-5-7-16-27(24)29/h2-22,33,35H,1H3. The average Bonchev–Trinajstić information content (AvgIpc) is 2.93. The normalized spacial score (nSPS) is 12.0. The van der Waals surface area contributed by atoms with Crippen LogP contribution >= 0.6 is 0 Å². The number of aryl methyl sites for hydroxylation is 1. The zero-order valence-electron chi connectivity index (χ0n) is 19.6. The Bertz CT molecular complexity index is 1630. The summed E-state index contributed by atoms with van der Waals surface area (Å²) in [5.41, 5.74) is 6.68. The quantitative estimate of drug-likeness (QED) is 0.284. The maximum absolute atomic E-state index is 5.21. The fourth-order valence-corrected chi connectivity index (χ4v) is 4.90. The van der Waals surface area contributed by atoms with Gasteiger partial charge in [-0.05, 0) is 46.3 Å². The van der Waals surface area contributed by atoms with Crippen LogP contribution in [-0.4, -0.2) is 4.98 Å². The maximum Gasteiger partial charge on any atom is 0.0940 e. The van der Waals surface area contributed by atoms with Gasteiger partial charge < -0.3 is 5.32 Å². The molecule has 0 aliphatic rings. The number of pyridine rings is 1. The lowest BCUT2D eigenvalue weighted by Crippen LogP contribution is -2.15. The third-order valence-corrected chi connectivity index (χ3v) is 6.69. The summed E-state index contributed by atoms with van der Waals surface area (Å²) in [6.07, 6.45) is 0. The molecule has 1 atom stereocenters. The van der Waals surface area contributed by atoms with Crippen LogP contribution in [0.15, 0.2) is 127 Å². The van der Waals surface area contributed by atoms with Crippen LogP contribution in [0.2, 0.25) is 0 Å². The Kier molecular flexibility index (Phi) is 5.48. The van der Waals surface area contributed by atoms with Gasteiger partial charge in [-0.15, -0.1) is 0 Å². The van der Waals surface area contributed by atoms with Gasteiger partial charge >= 0.3 is 0 Å². The number of hydrogen-bond acceptors (Lipinski definition) is 2. The molecule has 1 unspecified atom stereocenters. The summed E-state index contributed by atoms with van der Waals surface area (Å²) in [6.45, 7) is 2.16. The first-order chi connectivity index (χ1) is 17.3. The Hall–Kier alpha value is -4.43. The van der Waals surface area contributed by atoms with Crippen LogP contribution in [0, 0.1) is 6.92 Å². The van der Waals surface area contributed by atoms with Crippen LogP contribution in [0.3, 0.4) is 0 Å². The zero-order valence-corrected chi connectivity index (χ0v) is 19.6. The molecule has 1 heterocycles. The van der Waals surface area contributed by atoms with Gasteiger partial charge in [-0.2, -0.15) is 0 Å². The van der Waals surface area contributed by atoms with E-state index in [0.717, 1.165) is 22.6 Å². The third kappa shape index (κ3) is 4.04. The van der Waals surface area contributed by atoms with E-state index in [1.807, 2.05) is 0 Å². The van der Waals surface area contributed by atoms with Crippen LogP contribution in [-0.2, 0) is 0 Å². The van der Waals surface area contributed by atoms with Crippen molar-refractivity contribution in [2.45, 2.75) is 13.0 Å². The minimum Gasteiger partial charge on any atom is -0.372 e. The lowest BCUT2D eigenvalue weighted by atomic mass is 9.98. The predicted molar refractivity (Wildman–Crippen MR) is 148 cm³/mol. The SMILES string of the molecule is Cc1ccc2ccccc2c1NC(c1ccccc1)c1cccc(-c2cccc3ccccc23)n1. The topological polar surface area (TPSA) is 24.9 Å². The molecule has 6 aromatic rings. The molecule has 0 saturated carbocycles. The maximum atomic E-state index is 5.21. The van der Waals surface area contributed by atoms with Crippen LogP contribution < -0.4 is 5.32 Å². The molecule has 2 heteroatoms. The van der Waals surface area contributed by atoms with Crippen molar-refractivity contribution in [2.75, 3.05) is 5.32 Å². The molecular weight excluding hydrogens is 424 g/mol. The monoisotopic (exact) mass is 450 g/mol. The number of rotatable bonds is 5. The second-order valence-corrected chi connectivity index (χ2v) is 8.94. The van der Waals surface area contributed by atoms with Gasteiger partial charge in [0.15, 0.2) is 0 Å². The number of benzene rings is 5. The molecule has 0 fully saturated rings. The number of aromatic nitrogens is 1. The van der Waals surface area contributed by atoms with Crippen LogP contribution in [0.5, 0.6) is 0 Å². The second kappa shape index (κ2) is 9.08. The molecular formula is C33H26N2. The van der Waals surface area contributed by atoms with Crippen molar-refractivity contribution in [1.82, 2.24) is 4.98 Å². The van der Waals surface area contributed by atoms with Crippen LogP contribution in [0.1, 0.15) is 22.9 Å². The molecule has 6 rings (SSSR count). The smallest absolute Gasteiger partial charge is 0.0940 e.